The van der Waals surface area contributed by atoms with E-state index >= 15 is 0 Å². The lowest BCUT2D eigenvalue weighted by atomic mass is 10.0. The van der Waals surface area contributed by atoms with E-state index in [1.807, 2.05) is 11.9 Å². The van der Waals surface area contributed by atoms with E-state index in [1.54, 1.807) is 0 Å². The minimum absolute atomic E-state index is 0.173. The molecule has 0 fully saturated rings. The van der Waals surface area contributed by atoms with Crippen LogP contribution in [-0.2, 0) is 9.22 Å². The van der Waals surface area contributed by atoms with E-state index in [1.165, 1.54) is 0 Å². The zero-order valence-electron chi connectivity index (χ0n) is 16.0. The van der Waals surface area contributed by atoms with Crippen LogP contribution in [0.2, 0.25) is 18.1 Å². The fourth-order valence-electron chi connectivity index (χ4n) is 3.13. The minimum Gasteiger partial charge on any atom is -0.478 e. The maximum atomic E-state index is 12.0. The molecule has 0 aromatic rings. The molecule has 0 bridgehead atoms. The van der Waals surface area contributed by atoms with Gasteiger partial charge in [-0.2, -0.15) is 0 Å². The summed E-state index contributed by atoms with van der Waals surface area (Å²) in [5, 5.41) is 16.6. The van der Waals surface area contributed by atoms with Crippen LogP contribution in [0.3, 0.4) is 0 Å². The van der Waals surface area contributed by atoms with Gasteiger partial charge in [-0.05, 0) is 24.6 Å². The fraction of sp³-hybridized carbons (Fsp3) is 0.824. The average Bonchev–Trinajstić information content (AvgIpc) is 2.77. The van der Waals surface area contributed by atoms with Crippen molar-refractivity contribution < 1.29 is 14.3 Å². The number of hydrogen-bond donors (Lipinski definition) is 3. The van der Waals surface area contributed by atoms with Gasteiger partial charge in [0.1, 0.15) is 0 Å². The van der Waals surface area contributed by atoms with Crippen LogP contribution in [0.15, 0.2) is 11.4 Å². The Kier molecular flexibility index (Phi) is 5.37. The Morgan fingerprint density at radius 1 is 1.42 bits per heavy atom. The smallest absolute Gasteiger partial charge is 0.350 e. The molecule has 0 saturated heterocycles. The standard InChI is InChI=1S/C17H33N3O3Si/c1-16(2,3)24(5,6)23-11-7-9-17(15(21)22)19-13-12-18-10-8-14(13)20(17)4/h18-19H,7-12H2,1-6H3,(H,21,22). The van der Waals surface area contributed by atoms with Crippen molar-refractivity contribution in [1.29, 1.82) is 0 Å². The fourth-order valence-corrected chi connectivity index (χ4v) is 4.22. The first-order chi connectivity index (χ1) is 11.0. The summed E-state index contributed by atoms with van der Waals surface area (Å²) in [4.78, 5) is 14.0. The first kappa shape index (κ1) is 19.3. The Labute approximate surface area is 146 Å². The second-order valence-corrected chi connectivity index (χ2v) is 13.2. The minimum atomic E-state index is -1.78. The molecule has 24 heavy (non-hydrogen) atoms. The molecule has 6 nitrogen and oxygen atoms in total. The van der Waals surface area contributed by atoms with Gasteiger partial charge in [0, 0.05) is 51.0 Å². The van der Waals surface area contributed by atoms with Crippen molar-refractivity contribution in [2.24, 2.45) is 0 Å². The first-order valence-corrected chi connectivity index (χ1v) is 11.7. The number of carboxylic acids is 1. The molecule has 0 aliphatic carbocycles. The van der Waals surface area contributed by atoms with Gasteiger partial charge < -0.3 is 25.1 Å². The van der Waals surface area contributed by atoms with E-state index in [9.17, 15) is 9.90 Å². The summed E-state index contributed by atoms with van der Waals surface area (Å²) < 4.78 is 6.21. The number of aliphatic carboxylic acids is 1. The third-order valence-electron chi connectivity index (χ3n) is 5.83. The lowest BCUT2D eigenvalue weighted by Gasteiger charge is -2.37. The number of carboxylic acid groups (broad SMARTS) is 1. The molecule has 2 aliphatic rings. The van der Waals surface area contributed by atoms with E-state index in [2.05, 4.69) is 44.5 Å². The summed E-state index contributed by atoms with van der Waals surface area (Å²) in [6.07, 6.45) is 2.12. The highest BCUT2D eigenvalue weighted by Gasteiger charge is 2.49. The SMILES string of the molecule is CN1C2=C(CNCC2)NC1(CCCO[Si](C)(C)C(C)(C)C)C(=O)O. The third kappa shape index (κ3) is 3.48. The zero-order chi connectivity index (χ0) is 18.2. The van der Waals surface area contributed by atoms with Crippen LogP contribution in [-0.4, -0.2) is 56.7 Å². The molecule has 0 amide bonds. The van der Waals surface area contributed by atoms with Crippen molar-refractivity contribution in [3.8, 4) is 0 Å². The van der Waals surface area contributed by atoms with Crippen molar-refractivity contribution in [3.63, 3.8) is 0 Å². The highest BCUT2D eigenvalue weighted by molar-refractivity contribution is 6.74. The number of nitrogens with zero attached hydrogens (tertiary/aromatic N) is 1. The van der Waals surface area contributed by atoms with Gasteiger partial charge in [-0.1, -0.05) is 20.8 Å². The highest BCUT2D eigenvalue weighted by Crippen LogP contribution is 2.37. The number of likely N-dealkylation sites (N-methyl/N-ethyl adjacent to an activating group) is 1. The third-order valence-corrected chi connectivity index (χ3v) is 10.4. The summed E-state index contributed by atoms with van der Waals surface area (Å²) in [5.74, 6) is -0.813. The van der Waals surface area contributed by atoms with Crippen LogP contribution < -0.4 is 10.6 Å². The molecule has 0 aromatic carbocycles. The van der Waals surface area contributed by atoms with Gasteiger partial charge in [0.05, 0.1) is 0 Å². The van der Waals surface area contributed by atoms with Crippen LogP contribution in [0.5, 0.6) is 0 Å². The van der Waals surface area contributed by atoms with Gasteiger partial charge in [0.2, 0.25) is 5.66 Å². The van der Waals surface area contributed by atoms with Gasteiger partial charge in [-0.15, -0.1) is 0 Å². The maximum Gasteiger partial charge on any atom is 0.350 e. The number of nitrogens with one attached hydrogen (secondary N) is 2. The van der Waals surface area contributed by atoms with Crippen molar-refractivity contribution in [2.75, 3.05) is 26.7 Å². The molecule has 1 atom stereocenters. The normalized spacial score (nSPS) is 24.8. The predicted octanol–water partition coefficient (Wildman–Crippen LogP) is 2.31. The lowest BCUT2D eigenvalue weighted by Crippen LogP contribution is -2.57. The van der Waals surface area contributed by atoms with Gasteiger partial charge in [0.25, 0.3) is 0 Å². The van der Waals surface area contributed by atoms with Gasteiger partial charge in [-0.3, -0.25) is 0 Å². The van der Waals surface area contributed by atoms with Crippen LogP contribution >= 0.6 is 0 Å². The summed E-state index contributed by atoms with van der Waals surface area (Å²) in [6, 6.07) is 0. The quantitative estimate of drug-likeness (QED) is 0.501. The summed E-state index contributed by atoms with van der Waals surface area (Å²) in [7, 11) is 0.109. The molecule has 2 rings (SSSR count). The van der Waals surface area contributed by atoms with Crippen molar-refractivity contribution in [3.05, 3.63) is 11.4 Å². The Morgan fingerprint density at radius 3 is 2.62 bits per heavy atom. The number of hydrogen-bond acceptors (Lipinski definition) is 5. The highest BCUT2D eigenvalue weighted by atomic mass is 28.4. The molecular formula is C17H33N3O3Si. The largest absolute Gasteiger partial charge is 0.478 e. The Bertz CT molecular complexity index is 528. The maximum absolute atomic E-state index is 12.0. The van der Waals surface area contributed by atoms with Crippen LogP contribution in [0.25, 0.3) is 0 Å². The van der Waals surface area contributed by atoms with Gasteiger partial charge in [0.15, 0.2) is 8.32 Å². The molecule has 1 unspecified atom stereocenters. The second-order valence-electron chi connectivity index (χ2n) is 8.41. The van der Waals surface area contributed by atoms with Gasteiger partial charge in [-0.25, -0.2) is 4.79 Å². The average molecular weight is 356 g/mol. The van der Waals surface area contributed by atoms with E-state index in [-0.39, 0.29) is 5.04 Å². The molecule has 0 radical (unpaired) electrons. The molecule has 0 spiro atoms. The van der Waals surface area contributed by atoms with E-state index in [4.69, 9.17) is 4.43 Å². The summed E-state index contributed by atoms with van der Waals surface area (Å²) in [6.45, 7) is 13.3. The Hall–Kier alpha value is -1.05. The van der Waals surface area contributed by atoms with E-state index in [0.29, 0.717) is 13.0 Å². The predicted molar refractivity (Wildman–Crippen MR) is 98.2 cm³/mol. The molecule has 3 N–H and O–H groups in total. The zero-order valence-corrected chi connectivity index (χ0v) is 17.0. The summed E-state index contributed by atoms with van der Waals surface area (Å²) >= 11 is 0. The monoisotopic (exact) mass is 355 g/mol. The number of rotatable bonds is 6. The van der Waals surface area contributed by atoms with Crippen molar-refractivity contribution >= 4 is 14.3 Å². The topological polar surface area (TPSA) is 73.8 Å². The van der Waals surface area contributed by atoms with Crippen molar-refractivity contribution in [1.82, 2.24) is 15.5 Å². The summed E-state index contributed by atoms with van der Waals surface area (Å²) in [5.41, 5.74) is 1.12. The van der Waals surface area contributed by atoms with Crippen LogP contribution in [0, 0.1) is 0 Å². The molecule has 2 aliphatic heterocycles. The molecular weight excluding hydrogens is 322 g/mol. The van der Waals surface area contributed by atoms with E-state index in [0.717, 1.165) is 37.3 Å². The number of carbonyl (C=O) groups is 1. The second kappa shape index (κ2) is 6.69. The molecule has 7 heteroatoms. The van der Waals surface area contributed by atoms with E-state index < -0.39 is 19.9 Å². The Morgan fingerprint density at radius 2 is 2.08 bits per heavy atom. The molecule has 0 saturated carbocycles. The Balaban J connectivity index is 1.98. The molecule has 138 valence electrons. The first-order valence-electron chi connectivity index (χ1n) is 8.83. The van der Waals surface area contributed by atoms with Crippen LogP contribution in [0.4, 0.5) is 0 Å². The van der Waals surface area contributed by atoms with Crippen molar-refractivity contribution in [2.45, 2.75) is 63.8 Å². The van der Waals surface area contributed by atoms with Gasteiger partial charge >= 0.3 is 5.97 Å². The molecule has 0 aromatic heterocycles. The van der Waals surface area contributed by atoms with Crippen LogP contribution in [0.1, 0.15) is 40.0 Å². The molecule has 2 heterocycles. The lowest BCUT2D eigenvalue weighted by molar-refractivity contribution is -0.150.